The molecule has 7 heteroatoms. The van der Waals surface area contributed by atoms with Gasteiger partial charge in [-0.3, -0.25) is 4.79 Å². The molecule has 0 bridgehead atoms. The number of aliphatic hydroxyl groups excluding tert-OH is 1. The molecule has 0 unspecified atom stereocenters. The average molecular weight is 354 g/mol. The van der Waals surface area contributed by atoms with E-state index in [9.17, 15) is 9.59 Å². The molecule has 0 fully saturated rings. The summed E-state index contributed by atoms with van der Waals surface area (Å²) in [7, 11) is 0. The number of aliphatic hydroxyl groups is 1. The van der Waals surface area contributed by atoms with Gasteiger partial charge >= 0.3 is 5.97 Å². The van der Waals surface area contributed by atoms with Crippen LogP contribution in [0.4, 0.5) is 5.69 Å². The molecule has 0 aromatic heterocycles. The Morgan fingerprint density at radius 1 is 1.09 bits per heavy atom. The summed E-state index contributed by atoms with van der Waals surface area (Å²) in [6, 6.07) is 10.9. The molecule has 2 aromatic rings. The average Bonchev–Trinajstić information content (AvgIpc) is 2.56. The Labute approximate surface area is 142 Å². The second-order valence-electron chi connectivity index (χ2n) is 4.60. The molecule has 2 rings (SSSR count). The molecule has 0 heterocycles. The zero-order chi connectivity index (χ0) is 16.8. The van der Waals surface area contributed by atoms with E-state index in [-0.39, 0.29) is 12.2 Å². The Morgan fingerprint density at radius 2 is 1.78 bits per heavy atom. The fourth-order valence-corrected chi connectivity index (χ4v) is 2.08. The summed E-state index contributed by atoms with van der Waals surface area (Å²) in [5.74, 6) is -1.17. The van der Waals surface area contributed by atoms with Crippen LogP contribution in [0.5, 0.6) is 0 Å². The van der Waals surface area contributed by atoms with Crippen LogP contribution in [0.2, 0.25) is 10.0 Å². The van der Waals surface area contributed by atoms with E-state index >= 15 is 0 Å². The van der Waals surface area contributed by atoms with E-state index in [1.165, 1.54) is 18.2 Å². The van der Waals surface area contributed by atoms with Crippen LogP contribution in [0.3, 0.4) is 0 Å². The van der Waals surface area contributed by atoms with Gasteiger partial charge in [-0.1, -0.05) is 35.3 Å². The number of anilines is 1. The number of benzene rings is 2. The van der Waals surface area contributed by atoms with Crippen molar-refractivity contribution in [3.8, 4) is 0 Å². The van der Waals surface area contributed by atoms with E-state index in [2.05, 4.69) is 5.32 Å². The van der Waals surface area contributed by atoms with Crippen molar-refractivity contribution in [1.29, 1.82) is 0 Å². The first-order chi connectivity index (χ1) is 11.0. The minimum atomic E-state index is -0.637. The minimum Gasteiger partial charge on any atom is -0.452 e. The van der Waals surface area contributed by atoms with Crippen molar-refractivity contribution in [3.63, 3.8) is 0 Å². The Kier molecular flexibility index (Phi) is 5.98. The van der Waals surface area contributed by atoms with Crippen LogP contribution >= 0.6 is 23.2 Å². The zero-order valence-electron chi connectivity index (χ0n) is 11.9. The van der Waals surface area contributed by atoms with Gasteiger partial charge in [0.05, 0.1) is 22.9 Å². The quantitative estimate of drug-likeness (QED) is 0.808. The van der Waals surface area contributed by atoms with Gasteiger partial charge in [-0.25, -0.2) is 4.79 Å². The van der Waals surface area contributed by atoms with Gasteiger partial charge in [-0.05, 0) is 35.9 Å². The Balaban J connectivity index is 1.90. The van der Waals surface area contributed by atoms with Gasteiger partial charge in [0, 0.05) is 5.02 Å². The smallest absolute Gasteiger partial charge is 0.338 e. The Bertz CT molecular complexity index is 717. The first kappa shape index (κ1) is 17.3. The van der Waals surface area contributed by atoms with Crippen LogP contribution in [0.25, 0.3) is 0 Å². The summed E-state index contributed by atoms with van der Waals surface area (Å²) in [6.07, 6.45) is 0. The maximum Gasteiger partial charge on any atom is 0.338 e. The van der Waals surface area contributed by atoms with Gasteiger partial charge in [0.2, 0.25) is 0 Å². The van der Waals surface area contributed by atoms with Crippen LogP contribution in [-0.2, 0) is 16.1 Å². The first-order valence-electron chi connectivity index (χ1n) is 6.61. The fourth-order valence-electron chi connectivity index (χ4n) is 1.74. The molecule has 5 nitrogen and oxygen atoms in total. The number of carbonyl (C=O) groups excluding carboxylic acids is 2. The molecule has 0 aliphatic heterocycles. The normalized spacial score (nSPS) is 10.2. The minimum absolute atomic E-state index is 0.113. The molecular weight excluding hydrogens is 341 g/mol. The van der Waals surface area contributed by atoms with E-state index in [1.807, 2.05) is 0 Å². The molecule has 2 N–H and O–H groups in total. The highest BCUT2D eigenvalue weighted by Gasteiger charge is 2.11. The number of esters is 1. The van der Waals surface area contributed by atoms with Crippen LogP contribution in [0, 0.1) is 0 Å². The van der Waals surface area contributed by atoms with Crippen LogP contribution < -0.4 is 5.32 Å². The summed E-state index contributed by atoms with van der Waals surface area (Å²) in [6.45, 7) is -0.568. The van der Waals surface area contributed by atoms with Gasteiger partial charge in [0.1, 0.15) is 0 Å². The highest BCUT2D eigenvalue weighted by atomic mass is 35.5. The summed E-state index contributed by atoms with van der Waals surface area (Å²) < 4.78 is 4.92. The lowest BCUT2D eigenvalue weighted by Gasteiger charge is -2.08. The third-order valence-electron chi connectivity index (χ3n) is 2.91. The van der Waals surface area contributed by atoms with Crippen LogP contribution in [0.15, 0.2) is 42.5 Å². The van der Waals surface area contributed by atoms with Crippen molar-refractivity contribution >= 4 is 40.8 Å². The number of halogens is 2. The third-order valence-corrected chi connectivity index (χ3v) is 3.47. The summed E-state index contributed by atoms with van der Waals surface area (Å²) >= 11 is 11.7. The second-order valence-corrected chi connectivity index (χ2v) is 5.45. The molecular formula is C16H13Cl2NO4. The second kappa shape index (κ2) is 7.97. The highest BCUT2D eigenvalue weighted by Crippen LogP contribution is 2.25. The Morgan fingerprint density at radius 3 is 2.43 bits per heavy atom. The van der Waals surface area contributed by atoms with Gasteiger partial charge in [0.25, 0.3) is 5.91 Å². The molecule has 0 spiro atoms. The molecule has 2 aromatic carbocycles. The van der Waals surface area contributed by atoms with Gasteiger partial charge < -0.3 is 15.2 Å². The van der Waals surface area contributed by atoms with E-state index in [4.69, 9.17) is 33.0 Å². The molecule has 0 saturated heterocycles. The van der Waals surface area contributed by atoms with E-state index < -0.39 is 18.5 Å². The highest BCUT2D eigenvalue weighted by molar-refractivity contribution is 6.35. The predicted molar refractivity (Wildman–Crippen MR) is 87.7 cm³/mol. The SMILES string of the molecule is O=C(COC(=O)c1ccc(CO)cc1)Nc1cc(Cl)ccc1Cl. The standard InChI is InChI=1S/C16H13Cl2NO4/c17-12-5-6-13(18)14(7-12)19-15(21)9-23-16(22)11-3-1-10(8-20)2-4-11/h1-7,20H,8-9H2,(H,19,21). The van der Waals surface area contributed by atoms with E-state index in [0.717, 1.165) is 0 Å². The molecule has 0 atom stereocenters. The lowest BCUT2D eigenvalue weighted by Crippen LogP contribution is -2.21. The number of amides is 1. The number of ether oxygens (including phenoxy) is 1. The molecule has 0 aliphatic carbocycles. The van der Waals surface area contributed by atoms with Crippen molar-refractivity contribution in [2.75, 3.05) is 11.9 Å². The van der Waals surface area contributed by atoms with Crippen LogP contribution in [-0.4, -0.2) is 23.6 Å². The first-order valence-corrected chi connectivity index (χ1v) is 7.37. The maximum absolute atomic E-state index is 11.8. The Hall–Kier alpha value is -2.08. The number of carbonyl (C=O) groups is 2. The number of nitrogens with one attached hydrogen (secondary N) is 1. The van der Waals surface area contributed by atoms with Crippen molar-refractivity contribution in [2.45, 2.75) is 6.61 Å². The van der Waals surface area contributed by atoms with Crippen molar-refractivity contribution in [3.05, 3.63) is 63.6 Å². The van der Waals surface area contributed by atoms with Crippen LogP contribution in [0.1, 0.15) is 15.9 Å². The van der Waals surface area contributed by atoms with E-state index in [0.29, 0.717) is 21.3 Å². The molecule has 0 radical (unpaired) electrons. The molecule has 120 valence electrons. The molecule has 0 saturated carbocycles. The lowest BCUT2D eigenvalue weighted by atomic mass is 10.1. The summed E-state index contributed by atoms with van der Waals surface area (Å²) in [5.41, 5.74) is 1.30. The topological polar surface area (TPSA) is 75.6 Å². The zero-order valence-corrected chi connectivity index (χ0v) is 13.4. The summed E-state index contributed by atoms with van der Waals surface area (Å²) in [4.78, 5) is 23.6. The number of rotatable bonds is 5. The fraction of sp³-hybridized carbons (Fsp3) is 0.125. The van der Waals surface area contributed by atoms with E-state index in [1.54, 1.807) is 24.3 Å². The third kappa shape index (κ3) is 4.96. The predicted octanol–water partition coefficient (Wildman–Crippen LogP) is 3.28. The number of hydrogen-bond acceptors (Lipinski definition) is 4. The largest absolute Gasteiger partial charge is 0.452 e. The molecule has 1 amide bonds. The molecule has 0 aliphatic rings. The number of hydrogen-bond donors (Lipinski definition) is 2. The van der Waals surface area contributed by atoms with Crippen molar-refractivity contribution in [2.24, 2.45) is 0 Å². The van der Waals surface area contributed by atoms with Crippen molar-refractivity contribution < 1.29 is 19.4 Å². The van der Waals surface area contributed by atoms with Crippen molar-refractivity contribution in [1.82, 2.24) is 0 Å². The monoisotopic (exact) mass is 353 g/mol. The maximum atomic E-state index is 11.8. The van der Waals surface area contributed by atoms with Gasteiger partial charge in [-0.2, -0.15) is 0 Å². The van der Waals surface area contributed by atoms with Gasteiger partial charge in [0.15, 0.2) is 6.61 Å². The molecule has 23 heavy (non-hydrogen) atoms. The lowest BCUT2D eigenvalue weighted by molar-refractivity contribution is -0.119. The van der Waals surface area contributed by atoms with Gasteiger partial charge in [-0.15, -0.1) is 0 Å². The summed E-state index contributed by atoms with van der Waals surface area (Å²) in [5, 5.41) is 12.2.